The zero-order valence-electron chi connectivity index (χ0n) is 12.7. The molecule has 22 heavy (non-hydrogen) atoms. The number of nitrogens with one attached hydrogen (secondary N) is 2. The molecule has 1 aromatic carbocycles. The minimum absolute atomic E-state index is 0.283. The van der Waals surface area contributed by atoms with Gasteiger partial charge in [-0.05, 0) is 19.1 Å². The molecule has 7 nitrogen and oxygen atoms in total. The monoisotopic (exact) mass is 302 g/mol. The number of aromatic nitrogens is 2. The first kappa shape index (κ1) is 15.6. The van der Waals surface area contributed by atoms with Gasteiger partial charge in [-0.3, -0.25) is 9.97 Å². The van der Waals surface area contributed by atoms with Crippen molar-refractivity contribution in [3.8, 4) is 11.5 Å². The molecule has 1 heterocycles. The second-order valence-electron chi connectivity index (χ2n) is 4.52. The summed E-state index contributed by atoms with van der Waals surface area (Å²) in [7, 11) is 3.09. The molecule has 2 amide bonds. The van der Waals surface area contributed by atoms with Gasteiger partial charge in [0.25, 0.3) is 0 Å². The highest BCUT2D eigenvalue weighted by molar-refractivity contribution is 5.91. The molecule has 0 aliphatic heterocycles. The normalized spacial score (nSPS) is 9.95. The number of aryl methyl sites for hydroxylation is 1. The molecular formula is C15H18N4O3. The molecule has 0 saturated heterocycles. The smallest absolute Gasteiger partial charge is 0.319 e. The molecule has 0 unspecified atom stereocenters. The van der Waals surface area contributed by atoms with Crippen LogP contribution >= 0.6 is 0 Å². The quantitative estimate of drug-likeness (QED) is 0.883. The van der Waals surface area contributed by atoms with Crippen molar-refractivity contribution < 1.29 is 14.3 Å². The van der Waals surface area contributed by atoms with Crippen LogP contribution in [0.5, 0.6) is 11.5 Å². The molecule has 2 N–H and O–H groups in total. The van der Waals surface area contributed by atoms with E-state index in [1.165, 1.54) is 7.11 Å². The lowest BCUT2D eigenvalue weighted by atomic mass is 10.2. The lowest BCUT2D eigenvalue weighted by Gasteiger charge is -2.12. The number of urea groups is 1. The summed E-state index contributed by atoms with van der Waals surface area (Å²) in [5.41, 5.74) is 2.03. The van der Waals surface area contributed by atoms with E-state index in [0.29, 0.717) is 22.9 Å². The van der Waals surface area contributed by atoms with E-state index in [1.807, 2.05) is 6.92 Å². The Balaban J connectivity index is 1.98. The lowest BCUT2D eigenvalue weighted by Crippen LogP contribution is -2.28. The van der Waals surface area contributed by atoms with Crippen molar-refractivity contribution in [2.75, 3.05) is 19.5 Å². The summed E-state index contributed by atoms with van der Waals surface area (Å²) in [5, 5.41) is 5.42. The summed E-state index contributed by atoms with van der Waals surface area (Å²) in [4.78, 5) is 20.2. The summed E-state index contributed by atoms with van der Waals surface area (Å²) in [6.45, 7) is 2.14. The fourth-order valence-electron chi connectivity index (χ4n) is 1.76. The SMILES string of the molecule is COc1ccc(OC)c(NC(=O)NCc2cnc(C)cn2)c1. The predicted octanol–water partition coefficient (Wildman–Crippen LogP) is 2.12. The van der Waals surface area contributed by atoms with Crippen molar-refractivity contribution in [3.63, 3.8) is 0 Å². The topological polar surface area (TPSA) is 85.4 Å². The number of methoxy groups -OCH3 is 2. The zero-order valence-corrected chi connectivity index (χ0v) is 12.7. The van der Waals surface area contributed by atoms with Crippen LogP contribution in [0.3, 0.4) is 0 Å². The summed E-state index contributed by atoms with van der Waals surface area (Å²) in [5.74, 6) is 1.17. The number of benzene rings is 1. The van der Waals surface area contributed by atoms with Gasteiger partial charge in [-0.1, -0.05) is 0 Å². The number of amides is 2. The number of carbonyl (C=O) groups excluding carboxylic acids is 1. The van der Waals surface area contributed by atoms with Crippen molar-refractivity contribution in [2.24, 2.45) is 0 Å². The number of hydrogen-bond donors (Lipinski definition) is 2. The van der Waals surface area contributed by atoms with E-state index in [1.54, 1.807) is 37.7 Å². The van der Waals surface area contributed by atoms with Gasteiger partial charge in [0.15, 0.2) is 0 Å². The third kappa shape index (κ3) is 4.08. The molecule has 2 rings (SSSR count). The van der Waals surface area contributed by atoms with E-state index < -0.39 is 0 Å². The number of ether oxygens (including phenoxy) is 2. The number of hydrogen-bond acceptors (Lipinski definition) is 5. The first-order chi connectivity index (χ1) is 10.6. The number of rotatable bonds is 5. The van der Waals surface area contributed by atoms with Crippen molar-refractivity contribution in [2.45, 2.75) is 13.5 Å². The van der Waals surface area contributed by atoms with Gasteiger partial charge < -0.3 is 20.1 Å². The highest BCUT2D eigenvalue weighted by atomic mass is 16.5. The van der Waals surface area contributed by atoms with Crippen LogP contribution < -0.4 is 20.1 Å². The molecule has 116 valence electrons. The van der Waals surface area contributed by atoms with Gasteiger partial charge in [0.05, 0.1) is 44.0 Å². The Morgan fingerprint density at radius 1 is 1.18 bits per heavy atom. The predicted molar refractivity (Wildman–Crippen MR) is 82.2 cm³/mol. The number of anilines is 1. The summed E-state index contributed by atoms with van der Waals surface area (Å²) < 4.78 is 10.3. The molecule has 0 atom stereocenters. The highest BCUT2D eigenvalue weighted by Crippen LogP contribution is 2.28. The van der Waals surface area contributed by atoms with Crippen molar-refractivity contribution in [1.29, 1.82) is 0 Å². The zero-order chi connectivity index (χ0) is 15.9. The fourth-order valence-corrected chi connectivity index (χ4v) is 1.76. The van der Waals surface area contributed by atoms with E-state index in [-0.39, 0.29) is 12.6 Å². The standard InChI is InChI=1S/C15H18N4O3/c1-10-7-17-11(8-16-10)9-18-15(20)19-13-6-12(21-2)4-5-14(13)22-3/h4-8H,9H2,1-3H3,(H2,18,19,20). The molecular weight excluding hydrogens is 284 g/mol. The van der Waals surface area contributed by atoms with Crippen molar-refractivity contribution in [3.05, 3.63) is 42.0 Å². The van der Waals surface area contributed by atoms with Gasteiger partial charge in [-0.15, -0.1) is 0 Å². The van der Waals surface area contributed by atoms with E-state index in [4.69, 9.17) is 9.47 Å². The van der Waals surface area contributed by atoms with E-state index in [0.717, 1.165) is 5.69 Å². The Morgan fingerprint density at radius 2 is 2.00 bits per heavy atom. The molecule has 0 aliphatic carbocycles. The maximum atomic E-state index is 12.0. The molecule has 0 fully saturated rings. The Morgan fingerprint density at radius 3 is 2.64 bits per heavy atom. The lowest BCUT2D eigenvalue weighted by molar-refractivity contribution is 0.251. The molecule has 0 radical (unpaired) electrons. The number of nitrogens with zero attached hydrogens (tertiary/aromatic N) is 2. The van der Waals surface area contributed by atoms with Crippen LogP contribution in [0, 0.1) is 6.92 Å². The van der Waals surface area contributed by atoms with Gasteiger partial charge in [0, 0.05) is 12.3 Å². The molecule has 0 spiro atoms. The summed E-state index contributed by atoms with van der Waals surface area (Å²) >= 11 is 0. The van der Waals surface area contributed by atoms with Crippen LogP contribution in [0.4, 0.5) is 10.5 Å². The van der Waals surface area contributed by atoms with Crippen LogP contribution in [0.2, 0.25) is 0 Å². The maximum Gasteiger partial charge on any atom is 0.319 e. The molecule has 2 aromatic rings. The average molecular weight is 302 g/mol. The first-order valence-electron chi connectivity index (χ1n) is 6.66. The van der Waals surface area contributed by atoms with Crippen LogP contribution in [0.15, 0.2) is 30.6 Å². The Kier molecular flexibility index (Phi) is 5.13. The molecule has 7 heteroatoms. The Labute approximate surface area is 128 Å². The van der Waals surface area contributed by atoms with Crippen LogP contribution in [0.25, 0.3) is 0 Å². The van der Waals surface area contributed by atoms with Gasteiger partial charge in [-0.25, -0.2) is 4.79 Å². The summed E-state index contributed by atoms with van der Waals surface area (Å²) in [6, 6.07) is 4.79. The van der Waals surface area contributed by atoms with E-state index >= 15 is 0 Å². The molecule has 0 saturated carbocycles. The second kappa shape index (κ2) is 7.26. The molecule has 0 bridgehead atoms. The Hall–Kier alpha value is -2.83. The summed E-state index contributed by atoms with van der Waals surface area (Å²) in [6.07, 6.45) is 3.28. The Bertz CT molecular complexity index is 644. The third-order valence-corrected chi connectivity index (χ3v) is 2.92. The first-order valence-corrected chi connectivity index (χ1v) is 6.66. The van der Waals surface area contributed by atoms with Gasteiger partial charge in [0.1, 0.15) is 11.5 Å². The van der Waals surface area contributed by atoms with Crippen molar-refractivity contribution >= 4 is 11.7 Å². The van der Waals surface area contributed by atoms with Crippen LogP contribution in [0.1, 0.15) is 11.4 Å². The minimum Gasteiger partial charge on any atom is -0.497 e. The molecule has 0 aliphatic rings. The van der Waals surface area contributed by atoms with E-state index in [2.05, 4.69) is 20.6 Å². The molecule has 1 aromatic heterocycles. The average Bonchev–Trinajstić information content (AvgIpc) is 2.54. The second-order valence-corrected chi connectivity index (χ2v) is 4.52. The van der Waals surface area contributed by atoms with Gasteiger partial charge >= 0.3 is 6.03 Å². The van der Waals surface area contributed by atoms with Gasteiger partial charge in [0.2, 0.25) is 0 Å². The minimum atomic E-state index is -0.367. The highest BCUT2D eigenvalue weighted by Gasteiger charge is 2.09. The third-order valence-electron chi connectivity index (χ3n) is 2.92. The van der Waals surface area contributed by atoms with Gasteiger partial charge in [-0.2, -0.15) is 0 Å². The van der Waals surface area contributed by atoms with Crippen LogP contribution in [-0.2, 0) is 6.54 Å². The van der Waals surface area contributed by atoms with Crippen molar-refractivity contribution in [1.82, 2.24) is 15.3 Å². The van der Waals surface area contributed by atoms with E-state index in [9.17, 15) is 4.79 Å². The fraction of sp³-hybridized carbons (Fsp3) is 0.267. The number of carbonyl (C=O) groups is 1. The largest absolute Gasteiger partial charge is 0.497 e. The maximum absolute atomic E-state index is 12.0. The van der Waals surface area contributed by atoms with Crippen LogP contribution in [-0.4, -0.2) is 30.2 Å².